The molecule has 1 aromatic rings. The van der Waals surface area contributed by atoms with Crippen LogP contribution in [0.1, 0.15) is 44.6 Å². The standard InChI is InChI=1S/C17H21N3O2/c1-13(21)20(16-9-7-14(11-18)8-10-16)12-17(22)19-15-5-3-2-4-6-15/h7-10,15H,2-6,12H2,1H3,(H,19,22). The van der Waals surface area contributed by atoms with Crippen molar-refractivity contribution in [2.75, 3.05) is 11.4 Å². The number of carbonyl (C=O) groups excluding carboxylic acids is 2. The summed E-state index contributed by atoms with van der Waals surface area (Å²) in [5.74, 6) is -0.324. The Morgan fingerprint density at radius 3 is 2.41 bits per heavy atom. The van der Waals surface area contributed by atoms with E-state index in [1.807, 2.05) is 6.07 Å². The number of nitrogens with zero attached hydrogens (tertiary/aromatic N) is 2. The minimum Gasteiger partial charge on any atom is -0.352 e. The van der Waals surface area contributed by atoms with Gasteiger partial charge in [0.05, 0.1) is 11.6 Å². The molecule has 0 bridgehead atoms. The van der Waals surface area contributed by atoms with Crippen molar-refractivity contribution in [2.45, 2.75) is 45.1 Å². The van der Waals surface area contributed by atoms with Crippen molar-refractivity contribution in [3.05, 3.63) is 29.8 Å². The third-order valence-corrected chi connectivity index (χ3v) is 3.96. The first-order valence-electron chi connectivity index (χ1n) is 7.68. The maximum absolute atomic E-state index is 12.2. The molecular weight excluding hydrogens is 278 g/mol. The van der Waals surface area contributed by atoms with Crippen molar-refractivity contribution in [1.29, 1.82) is 5.26 Å². The van der Waals surface area contributed by atoms with Gasteiger partial charge in [-0.25, -0.2) is 0 Å². The fourth-order valence-electron chi connectivity index (χ4n) is 2.76. The minimum absolute atomic E-state index is 0.0116. The Bertz CT molecular complexity index is 569. The first-order chi connectivity index (χ1) is 10.6. The zero-order valence-corrected chi connectivity index (χ0v) is 12.8. The fraction of sp³-hybridized carbons (Fsp3) is 0.471. The van der Waals surface area contributed by atoms with Gasteiger partial charge in [0, 0.05) is 18.7 Å². The Labute approximate surface area is 130 Å². The topological polar surface area (TPSA) is 73.2 Å². The Balaban J connectivity index is 2.00. The van der Waals surface area contributed by atoms with E-state index in [0.29, 0.717) is 11.3 Å². The predicted molar refractivity (Wildman–Crippen MR) is 84.2 cm³/mol. The van der Waals surface area contributed by atoms with E-state index in [0.717, 1.165) is 25.7 Å². The van der Waals surface area contributed by atoms with Crippen molar-refractivity contribution in [1.82, 2.24) is 5.32 Å². The van der Waals surface area contributed by atoms with Crippen LogP contribution in [0.4, 0.5) is 5.69 Å². The van der Waals surface area contributed by atoms with Crippen LogP contribution in [0.25, 0.3) is 0 Å². The van der Waals surface area contributed by atoms with E-state index >= 15 is 0 Å². The summed E-state index contributed by atoms with van der Waals surface area (Å²) in [6, 6.07) is 8.93. The van der Waals surface area contributed by atoms with E-state index < -0.39 is 0 Å². The van der Waals surface area contributed by atoms with Crippen LogP contribution in [0.3, 0.4) is 0 Å². The highest BCUT2D eigenvalue weighted by molar-refractivity contribution is 5.97. The summed E-state index contributed by atoms with van der Waals surface area (Å²) in [7, 11) is 0. The summed E-state index contributed by atoms with van der Waals surface area (Å²) in [5, 5.41) is 11.8. The summed E-state index contributed by atoms with van der Waals surface area (Å²) in [6.07, 6.45) is 5.57. The van der Waals surface area contributed by atoms with E-state index in [1.165, 1.54) is 18.2 Å². The normalized spacial score (nSPS) is 14.9. The van der Waals surface area contributed by atoms with Crippen LogP contribution in [0.15, 0.2) is 24.3 Å². The second-order valence-corrected chi connectivity index (χ2v) is 5.67. The maximum Gasteiger partial charge on any atom is 0.240 e. The molecule has 2 rings (SSSR count). The highest BCUT2D eigenvalue weighted by Crippen LogP contribution is 2.18. The van der Waals surface area contributed by atoms with Gasteiger partial charge in [-0.2, -0.15) is 5.26 Å². The number of carbonyl (C=O) groups is 2. The van der Waals surface area contributed by atoms with Crippen LogP contribution < -0.4 is 10.2 Å². The lowest BCUT2D eigenvalue weighted by Gasteiger charge is -2.25. The summed E-state index contributed by atoms with van der Waals surface area (Å²) in [4.78, 5) is 25.4. The number of hydrogen-bond acceptors (Lipinski definition) is 3. The molecular formula is C17H21N3O2. The lowest BCUT2D eigenvalue weighted by Crippen LogP contribution is -2.44. The van der Waals surface area contributed by atoms with Gasteiger partial charge >= 0.3 is 0 Å². The molecule has 5 heteroatoms. The van der Waals surface area contributed by atoms with Gasteiger partial charge in [0.25, 0.3) is 0 Å². The smallest absolute Gasteiger partial charge is 0.240 e. The Kier molecular flexibility index (Phi) is 5.54. The number of rotatable bonds is 4. The zero-order valence-electron chi connectivity index (χ0n) is 12.8. The van der Waals surface area contributed by atoms with Crippen LogP contribution in [0.2, 0.25) is 0 Å². The first kappa shape index (κ1) is 16.0. The van der Waals surface area contributed by atoms with Gasteiger partial charge in [0.2, 0.25) is 11.8 Å². The van der Waals surface area contributed by atoms with Crippen LogP contribution in [0, 0.1) is 11.3 Å². The lowest BCUT2D eigenvalue weighted by molar-refractivity contribution is -0.123. The zero-order chi connectivity index (χ0) is 15.9. The quantitative estimate of drug-likeness (QED) is 0.927. The van der Waals surface area contributed by atoms with Crippen LogP contribution >= 0.6 is 0 Å². The fourth-order valence-corrected chi connectivity index (χ4v) is 2.76. The molecule has 0 aromatic heterocycles. The van der Waals surface area contributed by atoms with Crippen LogP contribution in [0.5, 0.6) is 0 Å². The lowest BCUT2D eigenvalue weighted by atomic mass is 9.95. The van der Waals surface area contributed by atoms with Gasteiger partial charge in [0.1, 0.15) is 6.54 Å². The second kappa shape index (κ2) is 7.60. The molecule has 1 aromatic carbocycles. The molecule has 0 radical (unpaired) electrons. The number of hydrogen-bond donors (Lipinski definition) is 1. The molecule has 0 heterocycles. The summed E-state index contributed by atoms with van der Waals surface area (Å²) in [5.41, 5.74) is 1.16. The molecule has 0 aliphatic heterocycles. The number of nitrogens with one attached hydrogen (secondary N) is 1. The average molecular weight is 299 g/mol. The molecule has 1 fully saturated rings. The summed E-state index contributed by atoms with van der Waals surface area (Å²) in [6.45, 7) is 1.45. The molecule has 5 nitrogen and oxygen atoms in total. The SMILES string of the molecule is CC(=O)N(CC(=O)NC1CCCCC1)c1ccc(C#N)cc1. The van der Waals surface area contributed by atoms with Crippen LogP contribution in [-0.4, -0.2) is 24.4 Å². The largest absolute Gasteiger partial charge is 0.352 e. The van der Waals surface area contributed by atoms with E-state index in [-0.39, 0.29) is 24.4 Å². The Hall–Kier alpha value is -2.35. The molecule has 0 spiro atoms. The molecule has 116 valence electrons. The molecule has 22 heavy (non-hydrogen) atoms. The van der Waals surface area contributed by atoms with Gasteiger partial charge in [-0.15, -0.1) is 0 Å². The van der Waals surface area contributed by atoms with Crippen molar-refractivity contribution in [2.24, 2.45) is 0 Å². The molecule has 0 unspecified atom stereocenters. The maximum atomic E-state index is 12.2. The third-order valence-electron chi connectivity index (χ3n) is 3.96. The van der Waals surface area contributed by atoms with Gasteiger partial charge in [0.15, 0.2) is 0 Å². The monoisotopic (exact) mass is 299 g/mol. The van der Waals surface area contributed by atoms with E-state index in [9.17, 15) is 9.59 Å². The molecule has 0 saturated heterocycles. The number of anilines is 1. The third kappa shape index (κ3) is 4.32. The minimum atomic E-state index is -0.191. The molecule has 1 aliphatic rings. The molecule has 1 saturated carbocycles. The highest BCUT2D eigenvalue weighted by Gasteiger charge is 2.19. The van der Waals surface area contributed by atoms with Gasteiger partial charge in [-0.1, -0.05) is 19.3 Å². The summed E-state index contributed by atoms with van der Waals surface area (Å²) >= 11 is 0. The van der Waals surface area contributed by atoms with E-state index in [2.05, 4.69) is 5.32 Å². The Morgan fingerprint density at radius 2 is 1.86 bits per heavy atom. The molecule has 0 atom stereocenters. The van der Waals surface area contributed by atoms with Crippen molar-refractivity contribution >= 4 is 17.5 Å². The van der Waals surface area contributed by atoms with Crippen LogP contribution in [-0.2, 0) is 9.59 Å². The van der Waals surface area contributed by atoms with Crippen molar-refractivity contribution in [3.63, 3.8) is 0 Å². The second-order valence-electron chi connectivity index (χ2n) is 5.67. The number of amides is 2. The van der Waals surface area contributed by atoms with Gasteiger partial charge in [-0.3, -0.25) is 9.59 Å². The van der Waals surface area contributed by atoms with Crippen molar-refractivity contribution in [3.8, 4) is 6.07 Å². The summed E-state index contributed by atoms with van der Waals surface area (Å²) < 4.78 is 0. The van der Waals surface area contributed by atoms with E-state index in [1.54, 1.807) is 24.3 Å². The average Bonchev–Trinajstić information content (AvgIpc) is 2.53. The van der Waals surface area contributed by atoms with E-state index in [4.69, 9.17) is 5.26 Å². The molecule has 1 N–H and O–H groups in total. The molecule has 2 amide bonds. The highest BCUT2D eigenvalue weighted by atomic mass is 16.2. The van der Waals surface area contributed by atoms with Crippen molar-refractivity contribution < 1.29 is 9.59 Å². The number of nitriles is 1. The predicted octanol–water partition coefficient (Wildman–Crippen LogP) is 2.36. The number of benzene rings is 1. The van der Waals surface area contributed by atoms with Gasteiger partial charge < -0.3 is 10.2 Å². The van der Waals surface area contributed by atoms with Gasteiger partial charge in [-0.05, 0) is 37.1 Å². The Morgan fingerprint density at radius 1 is 1.23 bits per heavy atom. The first-order valence-corrected chi connectivity index (χ1v) is 7.68. The molecule has 1 aliphatic carbocycles.